The van der Waals surface area contributed by atoms with E-state index in [1.165, 1.54) is 62.7 Å². The van der Waals surface area contributed by atoms with E-state index in [1.807, 2.05) is 50.1 Å². The molecule has 1 N–H and O–H groups in total. The molecule has 0 aliphatic carbocycles. The second-order valence-corrected chi connectivity index (χ2v) is 10.3. The first-order valence-electron chi connectivity index (χ1n) is 15.0. The summed E-state index contributed by atoms with van der Waals surface area (Å²) in [5.41, 5.74) is 4.26. The second-order valence-electron chi connectivity index (χ2n) is 10.3. The molecule has 2 fully saturated rings. The van der Waals surface area contributed by atoms with E-state index >= 15 is 0 Å². The molecule has 4 rings (SSSR count). The lowest BCUT2D eigenvalue weighted by atomic mass is 9.97. The number of hydrogen-bond donors (Lipinski definition) is 1. The van der Waals surface area contributed by atoms with E-state index in [-0.39, 0.29) is 56.3 Å². The number of hydrogen-bond acceptors (Lipinski definition) is 5. The van der Waals surface area contributed by atoms with Crippen LogP contribution in [0.15, 0.2) is 48.5 Å². The van der Waals surface area contributed by atoms with E-state index in [9.17, 15) is 9.59 Å². The molecule has 0 saturated carbocycles. The van der Waals surface area contributed by atoms with Gasteiger partial charge in [0, 0.05) is 30.0 Å². The van der Waals surface area contributed by atoms with Crippen LogP contribution in [-0.4, -0.2) is 56.0 Å². The van der Waals surface area contributed by atoms with Crippen LogP contribution < -0.4 is 29.3 Å². The Bertz CT molecular complexity index is 910. The zero-order valence-electron chi connectivity index (χ0n) is 25.4. The molecule has 2 aliphatic heterocycles. The Morgan fingerprint density at radius 3 is 1.52 bits per heavy atom. The number of ketones is 2. The second kappa shape index (κ2) is 27.9. The predicted octanol–water partition coefficient (Wildman–Crippen LogP) is 5.25. The number of rotatable bonds is 8. The smallest absolute Gasteiger partial charge is 0.166 e. The summed E-state index contributed by atoms with van der Waals surface area (Å²) in [4.78, 5) is 34.0. The molecule has 0 aromatic heterocycles. The van der Waals surface area contributed by atoms with Gasteiger partial charge in [-0.3, -0.25) is 9.59 Å². The van der Waals surface area contributed by atoms with E-state index in [4.69, 9.17) is 4.79 Å². The summed E-state index contributed by atoms with van der Waals surface area (Å²) in [5, 5.41) is 3.28. The fourth-order valence-electron chi connectivity index (χ4n) is 4.73. The highest BCUT2D eigenvalue weighted by Crippen LogP contribution is 2.15. The summed E-state index contributed by atoms with van der Waals surface area (Å²) in [5.74, 6) is 0.608. The number of benzene rings is 2. The first kappa shape index (κ1) is 44.5. The first-order chi connectivity index (χ1) is 19.0. The molecular formula is C36H60IN2O3-. The Kier molecular flexibility index (Phi) is 29.6. The van der Waals surface area contributed by atoms with Gasteiger partial charge >= 0.3 is 0 Å². The van der Waals surface area contributed by atoms with Gasteiger partial charge in [-0.05, 0) is 75.8 Å². The van der Waals surface area contributed by atoms with E-state index in [1.54, 1.807) is 0 Å². The van der Waals surface area contributed by atoms with E-state index < -0.39 is 0 Å². The van der Waals surface area contributed by atoms with Crippen LogP contribution in [0.1, 0.15) is 119 Å². The Morgan fingerprint density at radius 1 is 0.738 bits per heavy atom. The lowest BCUT2D eigenvalue weighted by Gasteiger charge is -2.28. The van der Waals surface area contributed by atoms with Crippen LogP contribution >= 0.6 is 0 Å². The number of aryl methyl sites for hydroxylation is 2. The van der Waals surface area contributed by atoms with Crippen LogP contribution in [0, 0.1) is 5.92 Å². The highest BCUT2D eigenvalue weighted by atomic mass is 127. The average molecular weight is 696 g/mol. The maximum Gasteiger partial charge on any atom is 0.166 e. The molecule has 2 aliphatic rings. The number of carbonyl (C=O) groups is 3. The maximum atomic E-state index is 12.4. The van der Waals surface area contributed by atoms with Gasteiger partial charge in [0.1, 0.15) is 6.79 Å². The van der Waals surface area contributed by atoms with Gasteiger partial charge in [0.2, 0.25) is 0 Å². The molecule has 1 unspecified atom stereocenters. The summed E-state index contributed by atoms with van der Waals surface area (Å²) >= 11 is 0. The van der Waals surface area contributed by atoms with Crippen LogP contribution in [0.5, 0.6) is 0 Å². The normalized spacial score (nSPS) is 14.6. The topological polar surface area (TPSA) is 66.5 Å². The van der Waals surface area contributed by atoms with Gasteiger partial charge in [-0.25, -0.2) is 0 Å². The fourth-order valence-corrected chi connectivity index (χ4v) is 4.73. The molecule has 0 radical (unpaired) electrons. The van der Waals surface area contributed by atoms with E-state index in [0.717, 1.165) is 43.6 Å². The number of nitrogens with zero attached hydrogens (tertiary/aromatic N) is 1. The summed E-state index contributed by atoms with van der Waals surface area (Å²) in [6.07, 6.45) is 10.8. The molecule has 5 nitrogen and oxygen atoms in total. The number of piperidine rings is 2. The van der Waals surface area contributed by atoms with Gasteiger partial charge in [0.25, 0.3) is 0 Å². The van der Waals surface area contributed by atoms with Crippen LogP contribution in [0.4, 0.5) is 0 Å². The van der Waals surface area contributed by atoms with Crippen molar-refractivity contribution in [3.63, 3.8) is 0 Å². The monoisotopic (exact) mass is 695 g/mol. The zero-order valence-corrected chi connectivity index (χ0v) is 27.5. The molecule has 42 heavy (non-hydrogen) atoms. The van der Waals surface area contributed by atoms with Gasteiger partial charge < -0.3 is 39.0 Å². The standard InChI is InChI=1S/C17H25NO.C11H14O.C5H11N.CH2O.2CH4.HI/c1-3-15-7-9-16(10-8-15)17(19)14(2)13-18-11-5-4-6-12-18;1-3-9-5-7-10(8-6-9)11(12)4-2;1-2-4-6-5-3-1;1-2;;;/h7-10,14H,3-6,11-13H2,1-2H3;5-8H,3-4H2,1-2H3;6H,1-5H2;1H2;2*1H4;1H/p-1. The zero-order chi connectivity index (χ0) is 28.9. The third kappa shape index (κ3) is 17.9. The number of halogens is 1. The van der Waals surface area contributed by atoms with Gasteiger partial charge in [0.15, 0.2) is 11.6 Å². The van der Waals surface area contributed by atoms with Crippen molar-refractivity contribution in [2.24, 2.45) is 5.92 Å². The van der Waals surface area contributed by atoms with Gasteiger partial charge in [-0.15, -0.1) is 0 Å². The maximum absolute atomic E-state index is 12.4. The number of likely N-dealkylation sites (tertiary alicyclic amines) is 1. The molecule has 0 bridgehead atoms. The highest BCUT2D eigenvalue weighted by molar-refractivity contribution is 5.97. The molecule has 6 heteroatoms. The SMILES string of the molecule is C.C.C1CCNCC1.C=O.CCC(=O)c1ccc(CC)cc1.CCc1ccc(C(=O)C(C)CN2CCCCC2)cc1.[I-]. The lowest BCUT2D eigenvalue weighted by Crippen LogP contribution is -3.00. The third-order valence-corrected chi connectivity index (χ3v) is 7.29. The molecule has 240 valence electrons. The largest absolute Gasteiger partial charge is 1.00 e. The van der Waals surface area contributed by atoms with Crippen molar-refractivity contribution < 1.29 is 38.4 Å². The predicted molar refractivity (Wildman–Crippen MR) is 177 cm³/mol. The third-order valence-electron chi connectivity index (χ3n) is 7.29. The number of Topliss-reactive ketones (excluding diaryl/α,β-unsaturated/α-hetero) is 2. The number of carbonyl (C=O) groups excluding carboxylic acids is 3. The molecule has 0 amide bonds. The van der Waals surface area contributed by atoms with Crippen molar-refractivity contribution in [3.05, 3.63) is 70.8 Å². The van der Waals surface area contributed by atoms with Crippen molar-refractivity contribution in [3.8, 4) is 0 Å². The van der Waals surface area contributed by atoms with E-state index in [2.05, 4.69) is 43.1 Å². The van der Waals surface area contributed by atoms with Gasteiger partial charge in [0.05, 0.1) is 0 Å². The summed E-state index contributed by atoms with van der Waals surface area (Å²) in [7, 11) is 0. The highest BCUT2D eigenvalue weighted by Gasteiger charge is 2.19. The molecule has 2 aromatic rings. The van der Waals surface area contributed by atoms with Crippen molar-refractivity contribution in [1.82, 2.24) is 10.2 Å². The molecule has 2 aromatic carbocycles. The van der Waals surface area contributed by atoms with Crippen LogP contribution in [0.25, 0.3) is 0 Å². The van der Waals surface area contributed by atoms with E-state index in [0.29, 0.717) is 6.42 Å². The molecule has 2 saturated heterocycles. The Hall–Kier alpha value is -1.90. The minimum absolute atomic E-state index is 0. The quantitative estimate of drug-likeness (QED) is 0.302. The Morgan fingerprint density at radius 2 is 1.17 bits per heavy atom. The van der Waals surface area contributed by atoms with Crippen LogP contribution in [-0.2, 0) is 17.6 Å². The number of nitrogens with one attached hydrogen (secondary N) is 1. The van der Waals surface area contributed by atoms with Crippen molar-refractivity contribution in [2.75, 3.05) is 32.7 Å². The van der Waals surface area contributed by atoms with Crippen LogP contribution in [0.2, 0.25) is 0 Å². The first-order valence-corrected chi connectivity index (χ1v) is 15.0. The van der Waals surface area contributed by atoms with Gasteiger partial charge in [-0.1, -0.05) is 104 Å². The molecule has 2 heterocycles. The summed E-state index contributed by atoms with van der Waals surface area (Å²) in [6, 6.07) is 15.9. The molecule has 1 atom stereocenters. The Labute approximate surface area is 275 Å². The van der Waals surface area contributed by atoms with Gasteiger partial charge in [-0.2, -0.15) is 0 Å². The summed E-state index contributed by atoms with van der Waals surface area (Å²) < 4.78 is 0. The van der Waals surface area contributed by atoms with Crippen molar-refractivity contribution in [2.45, 2.75) is 100 Å². The van der Waals surface area contributed by atoms with Crippen LogP contribution in [0.3, 0.4) is 0 Å². The lowest BCUT2D eigenvalue weighted by molar-refractivity contribution is -0.0980. The fraction of sp³-hybridized carbons (Fsp3) is 0.583. The Balaban J connectivity index is -0.000000570. The summed E-state index contributed by atoms with van der Waals surface area (Å²) in [6.45, 7) is 15.9. The molecular weight excluding hydrogens is 635 g/mol. The minimum atomic E-state index is 0. The van der Waals surface area contributed by atoms with Crippen molar-refractivity contribution in [1.29, 1.82) is 0 Å². The van der Waals surface area contributed by atoms with Crippen molar-refractivity contribution >= 4 is 18.4 Å². The molecule has 0 spiro atoms. The average Bonchev–Trinajstić information content (AvgIpc) is 3.03. The minimum Gasteiger partial charge on any atom is -1.00 e.